The van der Waals surface area contributed by atoms with E-state index in [2.05, 4.69) is 0 Å². The van der Waals surface area contributed by atoms with Gasteiger partial charge in [0.25, 0.3) is 0 Å². The Bertz CT molecular complexity index is 43.2. The molecule has 64 valence electrons. The minimum atomic E-state index is -0.116. The van der Waals surface area contributed by atoms with Crippen molar-refractivity contribution in [3.8, 4) is 0 Å². The summed E-state index contributed by atoms with van der Waals surface area (Å²) < 4.78 is 0. The third-order valence-corrected chi connectivity index (χ3v) is 1.18. The number of hydrogen-bond donors (Lipinski definition) is 2. The second-order valence-electron chi connectivity index (χ2n) is 2.51. The van der Waals surface area contributed by atoms with Gasteiger partial charge in [0.05, 0.1) is 12.2 Å². The summed E-state index contributed by atoms with van der Waals surface area (Å²) in [6.07, 6.45) is 1.49. The van der Waals surface area contributed by atoms with E-state index in [-0.39, 0.29) is 12.2 Å². The van der Waals surface area contributed by atoms with Crippen LogP contribution in [0.5, 0.6) is 0 Å². The third-order valence-electron chi connectivity index (χ3n) is 1.18. The topological polar surface area (TPSA) is 40.5 Å². The summed E-state index contributed by atoms with van der Waals surface area (Å²) in [5.41, 5.74) is 0. The van der Waals surface area contributed by atoms with Crippen molar-refractivity contribution in [2.75, 3.05) is 0 Å². The molecule has 0 unspecified atom stereocenters. The Labute approximate surface area is 63.9 Å². The van der Waals surface area contributed by atoms with Crippen LogP contribution in [0.2, 0.25) is 0 Å². The van der Waals surface area contributed by atoms with Gasteiger partial charge < -0.3 is 10.2 Å². The second kappa shape index (κ2) is 8.92. The number of rotatable bonds is 2. The summed E-state index contributed by atoms with van der Waals surface area (Å²) in [6.45, 7) is 7.45. The first-order valence-electron chi connectivity index (χ1n) is 3.90. The quantitative estimate of drug-likeness (QED) is 0.624. The molecule has 0 saturated heterocycles. The van der Waals surface area contributed by atoms with Crippen LogP contribution < -0.4 is 0 Å². The van der Waals surface area contributed by atoms with E-state index in [4.69, 9.17) is 10.2 Å². The van der Waals surface area contributed by atoms with Gasteiger partial charge in [0.2, 0.25) is 0 Å². The van der Waals surface area contributed by atoms with Gasteiger partial charge in [0.1, 0.15) is 0 Å². The molecule has 0 aliphatic carbocycles. The molecular weight excluding hydrogens is 128 g/mol. The largest absolute Gasteiger partial charge is 0.393 e. The van der Waals surface area contributed by atoms with Gasteiger partial charge in [-0.1, -0.05) is 13.8 Å². The van der Waals surface area contributed by atoms with Crippen LogP contribution in [0.15, 0.2) is 0 Å². The van der Waals surface area contributed by atoms with Crippen LogP contribution in [0.4, 0.5) is 0 Å². The molecule has 2 atom stereocenters. The van der Waals surface area contributed by atoms with Crippen LogP contribution in [-0.4, -0.2) is 22.4 Å². The summed E-state index contributed by atoms with van der Waals surface area (Å²) in [4.78, 5) is 0. The highest BCUT2D eigenvalue weighted by Gasteiger charge is 1.82. The summed E-state index contributed by atoms with van der Waals surface area (Å²) >= 11 is 0. The molecule has 0 radical (unpaired) electrons. The Kier molecular flexibility index (Phi) is 11.2. The summed E-state index contributed by atoms with van der Waals surface area (Å²) in [6, 6.07) is 0. The monoisotopic (exact) mass is 148 g/mol. The van der Waals surface area contributed by atoms with Gasteiger partial charge in [0.15, 0.2) is 0 Å². The van der Waals surface area contributed by atoms with Gasteiger partial charge in [-0.15, -0.1) is 0 Å². The predicted octanol–water partition coefficient (Wildman–Crippen LogP) is 1.55. The van der Waals surface area contributed by atoms with E-state index in [1.54, 1.807) is 13.8 Å². The van der Waals surface area contributed by atoms with Gasteiger partial charge in [-0.25, -0.2) is 0 Å². The molecular formula is C8H20O2. The van der Waals surface area contributed by atoms with Crippen molar-refractivity contribution in [3.63, 3.8) is 0 Å². The van der Waals surface area contributed by atoms with E-state index in [0.29, 0.717) is 0 Å². The second-order valence-corrected chi connectivity index (χ2v) is 2.51. The Balaban J connectivity index is 0. The molecule has 10 heavy (non-hydrogen) atoms. The maximum absolute atomic E-state index is 8.36. The SMILES string of the molecule is CC[C@@H](C)O.CC[C@@H](C)O. The zero-order valence-corrected chi connectivity index (χ0v) is 7.46. The van der Waals surface area contributed by atoms with E-state index < -0.39 is 0 Å². The van der Waals surface area contributed by atoms with E-state index in [0.717, 1.165) is 12.8 Å². The lowest BCUT2D eigenvalue weighted by Gasteiger charge is -1.90. The normalized spacial score (nSPS) is 15.0. The highest BCUT2D eigenvalue weighted by Crippen LogP contribution is 1.82. The number of hydrogen-bond acceptors (Lipinski definition) is 2. The molecule has 0 aromatic carbocycles. The summed E-state index contributed by atoms with van der Waals surface area (Å²) in [5, 5.41) is 16.7. The number of aliphatic hydroxyl groups excluding tert-OH is 2. The molecule has 0 aliphatic heterocycles. The van der Waals surface area contributed by atoms with Gasteiger partial charge >= 0.3 is 0 Å². The third kappa shape index (κ3) is 24.7. The minimum Gasteiger partial charge on any atom is -0.393 e. The predicted molar refractivity (Wildman–Crippen MR) is 43.9 cm³/mol. The summed E-state index contributed by atoms with van der Waals surface area (Å²) in [7, 11) is 0. The molecule has 0 spiro atoms. The first kappa shape index (κ1) is 12.6. The maximum atomic E-state index is 8.36. The Hall–Kier alpha value is -0.0800. The van der Waals surface area contributed by atoms with Crippen LogP contribution in [0, 0.1) is 0 Å². The molecule has 0 fully saturated rings. The van der Waals surface area contributed by atoms with Crippen LogP contribution in [0.3, 0.4) is 0 Å². The van der Waals surface area contributed by atoms with Crippen molar-refractivity contribution in [2.24, 2.45) is 0 Å². The van der Waals surface area contributed by atoms with E-state index in [1.165, 1.54) is 0 Å². The van der Waals surface area contributed by atoms with Crippen molar-refractivity contribution in [3.05, 3.63) is 0 Å². The lowest BCUT2D eigenvalue weighted by Crippen LogP contribution is -1.93. The van der Waals surface area contributed by atoms with Crippen LogP contribution >= 0.6 is 0 Å². The average Bonchev–Trinajstić information content (AvgIpc) is 1.89. The molecule has 0 saturated carbocycles. The van der Waals surface area contributed by atoms with Gasteiger partial charge in [-0.05, 0) is 26.7 Å². The Morgan fingerprint density at radius 1 is 0.900 bits per heavy atom. The van der Waals surface area contributed by atoms with E-state index >= 15 is 0 Å². The number of aliphatic hydroxyl groups is 2. The van der Waals surface area contributed by atoms with Gasteiger partial charge in [-0.3, -0.25) is 0 Å². The van der Waals surface area contributed by atoms with Crippen molar-refractivity contribution < 1.29 is 10.2 Å². The van der Waals surface area contributed by atoms with Gasteiger partial charge in [-0.2, -0.15) is 0 Å². The van der Waals surface area contributed by atoms with Gasteiger partial charge in [0, 0.05) is 0 Å². The highest BCUT2D eigenvalue weighted by molar-refractivity contribution is 4.34. The van der Waals surface area contributed by atoms with Crippen LogP contribution in [0.25, 0.3) is 0 Å². The first-order chi connectivity index (χ1) is 4.54. The van der Waals surface area contributed by atoms with E-state index in [9.17, 15) is 0 Å². The van der Waals surface area contributed by atoms with Crippen LogP contribution in [-0.2, 0) is 0 Å². The van der Waals surface area contributed by atoms with Crippen molar-refractivity contribution >= 4 is 0 Å². The van der Waals surface area contributed by atoms with E-state index in [1.807, 2.05) is 13.8 Å². The average molecular weight is 148 g/mol. The molecule has 0 aromatic rings. The van der Waals surface area contributed by atoms with Crippen LogP contribution in [0.1, 0.15) is 40.5 Å². The minimum absolute atomic E-state index is 0.116. The smallest absolute Gasteiger partial charge is 0.0509 e. The zero-order valence-electron chi connectivity index (χ0n) is 7.46. The molecule has 0 aliphatic rings. The van der Waals surface area contributed by atoms with Crippen molar-refractivity contribution in [2.45, 2.75) is 52.7 Å². The standard InChI is InChI=1S/2C4H10O/c2*1-3-4(2)5/h2*4-5H,3H2,1-2H3/t2*4-/m11/s1. The molecule has 0 aromatic heterocycles. The molecule has 0 amide bonds. The Morgan fingerprint density at radius 3 is 1.00 bits per heavy atom. The maximum Gasteiger partial charge on any atom is 0.0509 e. The molecule has 0 heterocycles. The first-order valence-corrected chi connectivity index (χ1v) is 3.90. The summed E-state index contributed by atoms with van der Waals surface area (Å²) in [5.74, 6) is 0. The van der Waals surface area contributed by atoms with Crippen molar-refractivity contribution in [1.29, 1.82) is 0 Å². The Morgan fingerprint density at radius 2 is 1.00 bits per heavy atom. The zero-order chi connectivity index (χ0) is 8.57. The molecule has 2 heteroatoms. The molecule has 2 nitrogen and oxygen atoms in total. The lowest BCUT2D eigenvalue weighted by molar-refractivity contribution is 0.190. The van der Waals surface area contributed by atoms with Crippen molar-refractivity contribution in [1.82, 2.24) is 0 Å². The fourth-order valence-corrected chi connectivity index (χ4v) is 0. The fourth-order valence-electron chi connectivity index (χ4n) is 0. The molecule has 2 N–H and O–H groups in total. The lowest BCUT2D eigenvalue weighted by atomic mass is 10.3. The highest BCUT2D eigenvalue weighted by atomic mass is 16.3. The fraction of sp³-hybridized carbons (Fsp3) is 1.00. The molecule has 0 rings (SSSR count). The molecule has 0 bridgehead atoms.